The second kappa shape index (κ2) is 6.55. The van der Waals surface area contributed by atoms with Crippen molar-refractivity contribution in [1.29, 1.82) is 5.26 Å². The summed E-state index contributed by atoms with van der Waals surface area (Å²) in [5.41, 5.74) is 2.23. The van der Waals surface area contributed by atoms with E-state index in [1.54, 1.807) is 55.5 Å². The molecule has 1 unspecified atom stereocenters. The molecule has 0 aromatic heterocycles. The lowest BCUT2D eigenvalue weighted by atomic mass is 10.1. The van der Waals surface area contributed by atoms with Gasteiger partial charge >= 0.3 is 6.03 Å². The summed E-state index contributed by atoms with van der Waals surface area (Å²) in [6.07, 6.45) is -0.546. The number of hydrogen-bond donors (Lipinski definition) is 3. The number of anilines is 2. The van der Waals surface area contributed by atoms with E-state index in [9.17, 15) is 9.90 Å². The van der Waals surface area contributed by atoms with E-state index >= 15 is 0 Å². The maximum absolute atomic E-state index is 11.9. The molecule has 0 fully saturated rings. The van der Waals surface area contributed by atoms with Crippen LogP contribution < -0.4 is 10.6 Å². The monoisotopic (exact) mass is 281 g/mol. The van der Waals surface area contributed by atoms with Crippen molar-refractivity contribution < 1.29 is 9.90 Å². The van der Waals surface area contributed by atoms with Crippen LogP contribution in [-0.4, -0.2) is 11.1 Å². The van der Waals surface area contributed by atoms with Gasteiger partial charge in [0.05, 0.1) is 17.4 Å². The van der Waals surface area contributed by atoms with Gasteiger partial charge in [-0.3, -0.25) is 0 Å². The van der Waals surface area contributed by atoms with Crippen LogP contribution in [0.4, 0.5) is 16.2 Å². The van der Waals surface area contributed by atoms with Crippen LogP contribution in [0.1, 0.15) is 24.2 Å². The number of aliphatic hydroxyl groups is 1. The molecule has 2 amide bonds. The summed E-state index contributed by atoms with van der Waals surface area (Å²) in [6, 6.07) is 15.2. The molecule has 21 heavy (non-hydrogen) atoms. The Morgan fingerprint density at radius 3 is 2.43 bits per heavy atom. The molecule has 0 aliphatic rings. The number of benzene rings is 2. The average molecular weight is 281 g/mol. The molecule has 3 N–H and O–H groups in total. The third kappa shape index (κ3) is 3.81. The first kappa shape index (κ1) is 14.6. The topological polar surface area (TPSA) is 85.2 Å². The van der Waals surface area contributed by atoms with Gasteiger partial charge in [-0.2, -0.15) is 5.26 Å². The first-order valence-electron chi connectivity index (χ1n) is 6.45. The molecule has 2 aromatic rings. The molecule has 0 saturated heterocycles. The molecule has 5 nitrogen and oxygen atoms in total. The van der Waals surface area contributed by atoms with Gasteiger partial charge < -0.3 is 15.7 Å². The van der Waals surface area contributed by atoms with E-state index in [4.69, 9.17) is 5.26 Å². The Morgan fingerprint density at radius 1 is 1.14 bits per heavy atom. The molecule has 106 valence electrons. The van der Waals surface area contributed by atoms with Crippen molar-refractivity contribution in [2.45, 2.75) is 13.0 Å². The van der Waals surface area contributed by atoms with Crippen LogP contribution in [0.15, 0.2) is 48.5 Å². The number of nitrogens with one attached hydrogen (secondary N) is 2. The predicted molar refractivity (Wildman–Crippen MR) is 80.9 cm³/mol. The summed E-state index contributed by atoms with van der Waals surface area (Å²) in [5, 5.41) is 23.7. The van der Waals surface area contributed by atoms with Gasteiger partial charge in [0.25, 0.3) is 0 Å². The lowest BCUT2D eigenvalue weighted by molar-refractivity contribution is 0.199. The largest absolute Gasteiger partial charge is 0.389 e. The molecule has 5 heteroatoms. The SMILES string of the molecule is CC(O)c1ccc(NC(=O)Nc2ccccc2C#N)cc1. The molecule has 2 rings (SSSR count). The van der Waals surface area contributed by atoms with E-state index in [0.29, 0.717) is 16.9 Å². The van der Waals surface area contributed by atoms with Crippen molar-refractivity contribution in [2.75, 3.05) is 10.6 Å². The van der Waals surface area contributed by atoms with E-state index in [0.717, 1.165) is 5.56 Å². The third-order valence-electron chi connectivity index (χ3n) is 2.95. The Bertz CT molecular complexity index is 673. The summed E-state index contributed by atoms with van der Waals surface area (Å²) >= 11 is 0. The van der Waals surface area contributed by atoms with Crippen molar-refractivity contribution in [3.05, 3.63) is 59.7 Å². The summed E-state index contributed by atoms with van der Waals surface area (Å²) in [7, 11) is 0. The second-order valence-electron chi connectivity index (χ2n) is 4.53. The average Bonchev–Trinajstić information content (AvgIpc) is 2.48. The minimum Gasteiger partial charge on any atom is -0.389 e. The van der Waals surface area contributed by atoms with Crippen LogP contribution in [0.25, 0.3) is 0 Å². The number of nitriles is 1. The standard InChI is InChI=1S/C16H15N3O2/c1-11(20)12-6-8-14(9-7-12)18-16(21)19-15-5-3-2-4-13(15)10-17/h2-9,11,20H,1H3,(H2,18,19,21). The molecular formula is C16H15N3O2. The molecule has 0 radical (unpaired) electrons. The summed E-state index contributed by atoms with van der Waals surface area (Å²) in [6.45, 7) is 1.67. The molecule has 0 aliphatic carbocycles. The highest BCUT2D eigenvalue weighted by atomic mass is 16.3. The van der Waals surface area contributed by atoms with E-state index in [2.05, 4.69) is 10.6 Å². The van der Waals surface area contributed by atoms with Gasteiger partial charge in [0.1, 0.15) is 6.07 Å². The normalized spacial score (nSPS) is 11.3. The number of amides is 2. The number of carbonyl (C=O) groups excluding carboxylic acids is 1. The van der Waals surface area contributed by atoms with Crippen LogP contribution in [-0.2, 0) is 0 Å². The molecule has 0 heterocycles. The zero-order chi connectivity index (χ0) is 15.2. The number of para-hydroxylation sites is 1. The van der Waals surface area contributed by atoms with Gasteiger partial charge in [0, 0.05) is 5.69 Å². The van der Waals surface area contributed by atoms with Crippen molar-refractivity contribution in [3.63, 3.8) is 0 Å². The van der Waals surface area contributed by atoms with Crippen molar-refractivity contribution in [3.8, 4) is 6.07 Å². The van der Waals surface area contributed by atoms with E-state index in [-0.39, 0.29) is 0 Å². The fourth-order valence-corrected chi connectivity index (χ4v) is 1.82. The second-order valence-corrected chi connectivity index (χ2v) is 4.53. The van der Waals surface area contributed by atoms with Crippen LogP contribution in [0.5, 0.6) is 0 Å². The smallest absolute Gasteiger partial charge is 0.323 e. The van der Waals surface area contributed by atoms with Crippen molar-refractivity contribution >= 4 is 17.4 Å². The Kier molecular flexibility index (Phi) is 4.54. The van der Waals surface area contributed by atoms with Crippen LogP contribution in [0.2, 0.25) is 0 Å². The van der Waals surface area contributed by atoms with Crippen LogP contribution >= 0.6 is 0 Å². The zero-order valence-corrected chi connectivity index (χ0v) is 11.5. The molecule has 1 atom stereocenters. The molecule has 0 spiro atoms. The van der Waals surface area contributed by atoms with Gasteiger partial charge in [-0.15, -0.1) is 0 Å². The Morgan fingerprint density at radius 2 is 1.81 bits per heavy atom. The van der Waals surface area contributed by atoms with Gasteiger partial charge in [-0.1, -0.05) is 24.3 Å². The number of urea groups is 1. The molecular weight excluding hydrogens is 266 g/mol. The molecule has 0 bridgehead atoms. The lowest BCUT2D eigenvalue weighted by Crippen LogP contribution is -2.20. The Hall–Kier alpha value is -2.84. The van der Waals surface area contributed by atoms with E-state index in [1.165, 1.54) is 0 Å². The minimum atomic E-state index is -0.546. The van der Waals surface area contributed by atoms with Gasteiger partial charge in [0.2, 0.25) is 0 Å². The zero-order valence-electron chi connectivity index (χ0n) is 11.5. The highest BCUT2D eigenvalue weighted by Crippen LogP contribution is 2.17. The van der Waals surface area contributed by atoms with Crippen LogP contribution in [0.3, 0.4) is 0 Å². The number of nitrogens with zero attached hydrogens (tertiary/aromatic N) is 1. The van der Waals surface area contributed by atoms with Gasteiger partial charge in [0.15, 0.2) is 0 Å². The quantitative estimate of drug-likeness (QED) is 0.807. The number of carbonyl (C=O) groups is 1. The summed E-state index contributed by atoms with van der Waals surface area (Å²) in [4.78, 5) is 11.9. The summed E-state index contributed by atoms with van der Waals surface area (Å²) in [5.74, 6) is 0. The Labute approximate surface area is 122 Å². The number of hydrogen-bond acceptors (Lipinski definition) is 3. The van der Waals surface area contributed by atoms with Crippen molar-refractivity contribution in [1.82, 2.24) is 0 Å². The maximum atomic E-state index is 11.9. The molecule has 0 saturated carbocycles. The fourth-order valence-electron chi connectivity index (χ4n) is 1.82. The lowest BCUT2D eigenvalue weighted by Gasteiger charge is -2.10. The van der Waals surface area contributed by atoms with E-state index < -0.39 is 12.1 Å². The number of aliphatic hydroxyl groups excluding tert-OH is 1. The maximum Gasteiger partial charge on any atom is 0.323 e. The van der Waals surface area contributed by atoms with Gasteiger partial charge in [-0.05, 0) is 36.8 Å². The highest BCUT2D eigenvalue weighted by Gasteiger charge is 2.07. The molecule has 0 aliphatic heterocycles. The molecule has 2 aromatic carbocycles. The summed E-state index contributed by atoms with van der Waals surface area (Å²) < 4.78 is 0. The van der Waals surface area contributed by atoms with Crippen LogP contribution in [0, 0.1) is 11.3 Å². The van der Waals surface area contributed by atoms with Crippen molar-refractivity contribution in [2.24, 2.45) is 0 Å². The first-order valence-corrected chi connectivity index (χ1v) is 6.45. The third-order valence-corrected chi connectivity index (χ3v) is 2.95. The predicted octanol–water partition coefficient (Wildman–Crippen LogP) is 3.26. The number of rotatable bonds is 3. The minimum absolute atomic E-state index is 0.400. The Balaban J connectivity index is 2.03. The van der Waals surface area contributed by atoms with E-state index in [1.807, 2.05) is 6.07 Å². The first-order chi connectivity index (χ1) is 10.1. The fraction of sp³-hybridized carbons (Fsp3) is 0.125. The highest BCUT2D eigenvalue weighted by molar-refractivity contribution is 6.00. The van der Waals surface area contributed by atoms with Gasteiger partial charge in [-0.25, -0.2) is 4.79 Å².